The fourth-order valence-corrected chi connectivity index (χ4v) is 5.00. The third kappa shape index (κ3) is 4.42. The van der Waals surface area contributed by atoms with E-state index in [0.29, 0.717) is 26.2 Å². The number of halogens is 1. The van der Waals surface area contributed by atoms with Gasteiger partial charge in [0.2, 0.25) is 10.0 Å². The Balaban J connectivity index is 1.88. The minimum absolute atomic E-state index is 0.176. The molecule has 0 atom stereocenters. The molecular formula is C21H25FN2O3S. The Morgan fingerprint density at radius 2 is 1.75 bits per heavy atom. The number of sulfonamides is 1. The van der Waals surface area contributed by atoms with Crippen molar-refractivity contribution in [1.82, 2.24) is 9.21 Å². The number of hydrogen-bond acceptors (Lipinski definition) is 3. The fourth-order valence-electron chi connectivity index (χ4n) is 3.39. The van der Waals surface area contributed by atoms with Crippen molar-refractivity contribution < 1.29 is 17.6 Å². The van der Waals surface area contributed by atoms with Crippen LogP contribution in [0, 0.1) is 5.82 Å². The zero-order valence-corrected chi connectivity index (χ0v) is 16.8. The summed E-state index contributed by atoms with van der Waals surface area (Å²) in [6, 6.07) is 13.1. The van der Waals surface area contributed by atoms with Crippen LogP contribution in [0.25, 0.3) is 0 Å². The molecule has 0 saturated carbocycles. The summed E-state index contributed by atoms with van der Waals surface area (Å²) >= 11 is 0. The van der Waals surface area contributed by atoms with Crippen LogP contribution in [0.15, 0.2) is 53.4 Å². The molecule has 0 radical (unpaired) electrons. The Bertz CT molecular complexity index is 926. The van der Waals surface area contributed by atoms with Gasteiger partial charge in [0, 0.05) is 31.7 Å². The third-order valence-corrected chi connectivity index (χ3v) is 6.91. The van der Waals surface area contributed by atoms with Crippen molar-refractivity contribution in [1.29, 1.82) is 0 Å². The lowest BCUT2D eigenvalue weighted by Crippen LogP contribution is -2.36. The van der Waals surface area contributed by atoms with E-state index in [1.54, 1.807) is 4.90 Å². The average molecular weight is 405 g/mol. The summed E-state index contributed by atoms with van der Waals surface area (Å²) in [5, 5.41) is 0. The third-order valence-electron chi connectivity index (χ3n) is 5.00. The minimum Gasteiger partial charge on any atom is -0.335 e. The van der Waals surface area contributed by atoms with Crippen LogP contribution in [-0.2, 0) is 16.6 Å². The zero-order chi connectivity index (χ0) is 20.1. The Kier molecular flexibility index (Phi) is 6.46. The number of carbonyl (C=O) groups excluding carboxylic acids is 1. The van der Waals surface area contributed by atoms with Crippen LogP contribution in [0.2, 0.25) is 0 Å². The SMILES string of the molecule is CCN(Cc1ccccc1)C(=O)c1ccc(F)c(S(=O)(=O)N2CCCCC2)c1. The van der Waals surface area contributed by atoms with Crippen molar-refractivity contribution >= 4 is 15.9 Å². The zero-order valence-electron chi connectivity index (χ0n) is 16.0. The number of benzene rings is 2. The fraction of sp³-hybridized carbons (Fsp3) is 0.381. The molecule has 0 unspecified atom stereocenters. The van der Waals surface area contributed by atoms with Gasteiger partial charge in [0.25, 0.3) is 5.91 Å². The predicted molar refractivity (Wildman–Crippen MR) is 106 cm³/mol. The molecule has 1 amide bonds. The van der Waals surface area contributed by atoms with E-state index < -0.39 is 20.7 Å². The van der Waals surface area contributed by atoms with Gasteiger partial charge in [-0.3, -0.25) is 4.79 Å². The molecule has 0 spiro atoms. The molecule has 28 heavy (non-hydrogen) atoms. The van der Waals surface area contributed by atoms with Crippen molar-refractivity contribution in [2.24, 2.45) is 0 Å². The second-order valence-electron chi connectivity index (χ2n) is 6.91. The molecule has 0 aliphatic carbocycles. The lowest BCUT2D eigenvalue weighted by molar-refractivity contribution is 0.0752. The summed E-state index contributed by atoms with van der Waals surface area (Å²) in [4.78, 5) is 14.1. The topological polar surface area (TPSA) is 57.7 Å². The highest BCUT2D eigenvalue weighted by molar-refractivity contribution is 7.89. The number of amides is 1. The van der Waals surface area contributed by atoms with Gasteiger partial charge >= 0.3 is 0 Å². The Hall–Kier alpha value is -2.25. The second-order valence-corrected chi connectivity index (χ2v) is 8.82. The lowest BCUT2D eigenvalue weighted by atomic mass is 10.1. The number of rotatable bonds is 6. The first-order valence-electron chi connectivity index (χ1n) is 9.56. The van der Waals surface area contributed by atoms with Gasteiger partial charge in [-0.2, -0.15) is 4.31 Å². The molecule has 3 rings (SSSR count). The Morgan fingerprint density at radius 3 is 2.39 bits per heavy atom. The van der Waals surface area contributed by atoms with Crippen molar-refractivity contribution in [2.75, 3.05) is 19.6 Å². The largest absolute Gasteiger partial charge is 0.335 e. The highest BCUT2D eigenvalue weighted by Crippen LogP contribution is 2.24. The van der Waals surface area contributed by atoms with E-state index in [1.807, 2.05) is 37.3 Å². The molecule has 2 aromatic carbocycles. The summed E-state index contributed by atoms with van der Waals surface area (Å²) < 4.78 is 41.4. The van der Waals surface area contributed by atoms with Crippen LogP contribution < -0.4 is 0 Å². The number of piperidine rings is 1. The minimum atomic E-state index is -3.95. The standard InChI is InChI=1S/C21H25FN2O3S/c1-2-23(16-17-9-5-3-6-10-17)21(25)18-11-12-19(22)20(15-18)28(26,27)24-13-7-4-8-14-24/h3,5-6,9-12,15H,2,4,7-8,13-14,16H2,1H3. The van der Waals surface area contributed by atoms with Crippen molar-refractivity contribution in [3.63, 3.8) is 0 Å². The van der Waals surface area contributed by atoms with Gasteiger partial charge in [-0.15, -0.1) is 0 Å². The Labute approximate surface area is 165 Å². The summed E-state index contributed by atoms with van der Waals surface area (Å²) in [5.41, 5.74) is 1.15. The summed E-state index contributed by atoms with van der Waals surface area (Å²) in [7, 11) is -3.95. The van der Waals surface area contributed by atoms with Gasteiger partial charge in [-0.25, -0.2) is 12.8 Å². The molecule has 0 aromatic heterocycles. The van der Waals surface area contributed by atoms with E-state index in [9.17, 15) is 17.6 Å². The maximum atomic E-state index is 14.4. The number of hydrogen-bond donors (Lipinski definition) is 0. The molecule has 2 aromatic rings. The molecule has 1 aliphatic rings. The molecule has 0 N–H and O–H groups in total. The quantitative estimate of drug-likeness (QED) is 0.738. The maximum absolute atomic E-state index is 14.4. The molecule has 1 heterocycles. The Morgan fingerprint density at radius 1 is 1.07 bits per heavy atom. The smallest absolute Gasteiger partial charge is 0.254 e. The van der Waals surface area contributed by atoms with Crippen molar-refractivity contribution in [2.45, 2.75) is 37.6 Å². The van der Waals surface area contributed by atoms with Gasteiger partial charge in [-0.1, -0.05) is 36.8 Å². The van der Waals surface area contributed by atoms with Gasteiger partial charge < -0.3 is 4.90 Å². The molecular weight excluding hydrogens is 379 g/mol. The molecule has 150 valence electrons. The van der Waals surface area contributed by atoms with Gasteiger partial charge in [0.05, 0.1) is 0 Å². The first kappa shape index (κ1) is 20.5. The normalized spacial score (nSPS) is 15.4. The van der Waals surface area contributed by atoms with E-state index in [4.69, 9.17) is 0 Å². The van der Waals surface area contributed by atoms with E-state index in [-0.39, 0.29) is 11.5 Å². The van der Waals surface area contributed by atoms with E-state index in [0.717, 1.165) is 30.9 Å². The van der Waals surface area contributed by atoms with Crippen LogP contribution in [0.1, 0.15) is 42.1 Å². The van der Waals surface area contributed by atoms with Gasteiger partial charge in [0.15, 0.2) is 0 Å². The predicted octanol–water partition coefficient (Wildman–Crippen LogP) is 3.66. The van der Waals surface area contributed by atoms with Crippen LogP contribution in [-0.4, -0.2) is 43.2 Å². The molecule has 1 saturated heterocycles. The number of carbonyl (C=O) groups is 1. The summed E-state index contributed by atoms with van der Waals surface area (Å²) in [6.45, 7) is 3.49. The highest BCUT2D eigenvalue weighted by Gasteiger charge is 2.30. The number of nitrogens with zero attached hydrogens (tertiary/aromatic N) is 2. The molecule has 5 nitrogen and oxygen atoms in total. The van der Waals surface area contributed by atoms with Crippen molar-refractivity contribution in [3.8, 4) is 0 Å². The average Bonchev–Trinajstić information content (AvgIpc) is 2.73. The lowest BCUT2D eigenvalue weighted by Gasteiger charge is -2.26. The maximum Gasteiger partial charge on any atom is 0.254 e. The second kappa shape index (κ2) is 8.84. The summed E-state index contributed by atoms with van der Waals surface area (Å²) in [6.07, 6.45) is 2.50. The first-order valence-corrected chi connectivity index (χ1v) is 11.0. The van der Waals surface area contributed by atoms with Crippen LogP contribution in [0.3, 0.4) is 0 Å². The molecule has 1 aliphatic heterocycles. The van der Waals surface area contributed by atoms with Crippen LogP contribution in [0.4, 0.5) is 4.39 Å². The molecule has 7 heteroatoms. The first-order chi connectivity index (χ1) is 13.4. The van der Waals surface area contributed by atoms with E-state index >= 15 is 0 Å². The highest BCUT2D eigenvalue weighted by atomic mass is 32.2. The van der Waals surface area contributed by atoms with Gasteiger partial charge in [-0.05, 0) is 43.5 Å². The van der Waals surface area contributed by atoms with Gasteiger partial charge in [0.1, 0.15) is 10.7 Å². The van der Waals surface area contributed by atoms with Crippen LogP contribution in [0.5, 0.6) is 0 Å². The van der Waals surface area contributed by atoms with E-state index in [2.05, 4.69) is 0 Å². The monoisotopic (exact) mass is 404 g/mol. The summed E-state index contributed by atoms with van der Waals surface area (Å²) in [5.74, 6) is -1.14. The molecule has 0 bridgehead atoms. The van der Waals surface area contributed by atoms with Crippen molar-refractivity contribution in [3.05, 3.63) is 65.5 Å². The van der Waals surface area contributed by atoms with E-state index in [1.165, 1.54) is 16.4 Å². The van der Waals surface area contributed by atoms with Crippen LogP contribution >= 0.6 is 0 Å². The molecule has 1 fully saturated rings.